The first-order valence-electron chi connectivity index (χ1n) is 6.90. The van der Waals surface area contributed by atoms with Crippen molar-refractivity contribution in [2.24, 2.45) is 5.10 Å². The van der Waals surface area contributed by atoms with Gasteiger partial charge >= 0.3 is 0 Å². The molecule has 1 aromatic heterocycles. The zero-order chi connectivity index (χ0) is 15.6. The molecule has 2 rings (SSSR count). The fourth-order valence-corrected chi connectivity index (χ4v) is 2.29. The van der Waals surface area contributed by atoms with Crippen LogP contribution in [0.2, 0.25) is 0 Å². The van der Waals surface area contributed by atoms with Crippen LogP contribution in [0.1, 0.15) is 23.3 Å². The SMILES string of the molecule is O=C(CCC(=O)N/N=C/c1cccs1)NCc1ccccc1. The van der Waals surface area contributed by atoms with Gasteiger partial charge in [0.05, 0.1) is 6.21 Å². The summed E-state index contributed by atoms with van der Waals surface area (Å²) in [5.41, 5.74) is 3.44. The molecule has 0 saturated heterocycles. The van der Waals surface area contributed by atoms with E-state index in [-0.39, 0.29) is 24.7 Å². The normalized spacial score (nSPS) is 10.5. The highest BCUT2D eigenvalue weighted by Crippen LogP contribution is 2.04. The molecule has 22 heavy (non-hydrogen) atoms. The summed E-state index contributed by atoms with van der Waals surface area (Å²) in [5.74, 6) is -0.427. The van der Waals surface area contributed by atoms with Gasteiger partial charge in [-0.15, -0.1) is 11.3 Å². The lowest BCUT2D eigenvalue weighted by molar-refractivity contribution is -0.126. The number of hydrogen-bond acceptors (Lipinski definition) is 4. The largest absolute Gasteiger partial charge is 0.352 e. The van der Waals surface area contributed by atoms with Crippen molar-refractivity contribution >= 4 is 29.4 Å². The first-order valence-corrected chi connectivity index (χ1v) is 7.78. The summed E-state index contributed by atoms with van der Waals surface area (Å²) in [4.78, 5) is 24.2. The molecule has 0 aliphatic carbocycles. The molecular weight excluding hydrogens is 298 g/mol. The Morgan fingerprint density at radius 3 is 2.55 bits per heavy atom. The van der Waals surface area contributed by atoms with E-state index in [0.29, 0.717) is 6.54 Å². The van der Waals surface area contributed by atoms with E-state index in [2.05, 4.69) is 15.8 Å². The molecule has 2 amide bonds. The fourth-order valence-electron chi connectivity index (χ4n) is 1.70. The Bertz CT molecular complexity index is 624. The fraction of sp³-hybridized carbons (Fsp3) is 0.188. The molecule has 0 aliphatic rings. The minimum Gasteiger partial charge on any atom is -0.352 e. The summed E-state index contributed by atoms with van der Waals surface area (Å²) < 4.78 is 0. The predicted molar refractivity (Wildman–Crippen MR) is 87.6 cm³/mol. The summed E-state index contributed by atoms with van der Waals surface area (Å²) in [6.07, 6.45) is 1.84. The summed E-state index contributed by atoms with van der Waals surface area (Å²) in [6.45, 7) is 0.470. The van der Waals surface area contributed by atoms with E-state index >= 15 is 0 Å². The van der Waals surface area contributed by atoms with Crippen molar-refractivity contribution in [1.29, 1.82) is 0 Å². The van der Waals surface area contributed by atoms with Crippen LogP contribution in [-0.4, -0.2) is 18.0 Å². The Labute approximate surface area is 133 Å². The second kappa shape index (κ2) is 8.74. The molecular formula is C16H17N3O2S. The van der Waals surface area contributed by atoms with E-state index in [1.165, 1.54) is 11.3 Å². The van der Waals surface area contributed by atoms with Gasteiger partial charge in [-0.3, -0.25) is 9.59 Å². The Morgan fingerprint density at radius 2 is 1.82 bits per heavy atom. The van der Waals surface area contributed by atoms with E-state index in [1.54, 1.807) is 6.21 Å². The first kappa shape index (κ1) is 15.9. The van der Waals surface area contributed by atoms with Crippen LogP contribution in [0.4, 0.5) is 0 Å². The quantitative estimate of drug-likeness (QED) is 0.608. The number of hydrogen-bond donors (Lipinski definition) is 2. The van der Waals surface area contributed by atoms with Crippen molar-refractivity contribution in [2.45, 2.75) is 19.4 Å². The van der Waals surface area contributed by atoms with Gasteiger partial charge < -0.3 is 5.32 Å². The van der Waals surface area contributed by atoms with Crippen LogP contribution < -0.4 is 10.7 Å². The zero-order valence-corrected chi connectivity index (χ0v) is 12.8. The Kier molecular flexibility index (Phi) is 6.32. The zero-order valence-electron chi connectivity index (χ0n) is 12.0. The van der Waals surface area contributed by atoms with Gasteiger partial charge in [-0.05, 0) is 17.0 Å². The Balaban J connectivity index is 1.62. The van der Waals surface area contributed by atoms with Gasteiger partial charge in [0.1, 0.15) is 0 Å². The van der Waals surface area contributed by atoms with E-state index < -0.39 is 0 Å². The summed E-state index contributed by atoms with van der Waals surface area (Å²) >= 11 is 1.53. The molecule has 114 valence electrons. The molecule has 0 bridgehead atoms. The summed E-state index contributed by atoms with van der Waals surface area (Å²) in [5, 5.41) is 8.55. The molecule has 0 unspecified atom stereocenters. The van der Waals surface area contributed by atoms with E-state index in [9.17, 15) is 9.59 Å². The van der Waals surface area contributed by atoms with Gasteiger partial charge in [0.2, 0.25) is 11.8 Å². The van der Waals surface area contributed by atoms with Gasteiger partial charge in [-0.25, -0.2) is 5.43 Å². The molecule has 0 spiro atoms. The van der Waals surface area contributed by atoms with Crippen molar-refractivity contribution in [1.82, 2.24) is 10.7 Å². The van der Waals surface area contributed by atoms with Crippen LogP contribution in [0.15, 0.2) is 52.9 Å². The molecule has 0 aliphatic heterocycles. The van der Waals surface area contributed by atoms with E-state index in [0.717, 1.165) is 10.4 Å². The third kappa shape index (κ3) is 5.88. The summed E-state index contributed by atoms with van der Waals surface area (Å²) in [6, 6.07) is 13.4. The average molecular weight is 315 g/mol. The van der Waals surface area contributed by atoms with Crippen molar-refractivity contribution in [3.05, 3.63) is 58.3 Å². The number of rotatable bonds is 7. The smallest absolute Gasteiger partial charge is 0.240 e. The van der Waals surface area contributed by atoms with Gasteiger partial charge in [-0.1, -0.05) is 36.4 Å². The second-order valence-corrected chi connectivity index (χ2v) is 5.55. The molecule has 2 aromatic rings. The van der Waals surface area contributed by atoms with Crippen molar-refractivity contribution in [2.75, 3.05) is 0 Å². The van der Waals surface area contributed by atoms with Gasteiger partial charge in [0, 0.05) is 24.3 Å². The van der Waals surface area contributed by atoms with Crippen molar-refractivity contribution < 1.29 is 9.59 Å². The van der Waals surface area contributed by atoms with Crippen LogP contribution in [0, 0.1) is 0 Å². The molecule has 6 heteroatoms. The lowest BCUT2D eigenvalue weighted by atomic mass is 10.2. The van der Waals surface area contributed by atoms with E-state index in [1.807, 2.05) is 47.8 Å². The van der Waals surface area contributed by atoms with Crippen molar-refractivity contribution in [3.8, 4) is 0 Å². The molecule has 1 aromatic carbocycles. The van der Waals surface area contributed by atoms with Crippen LogP contribution in [0.3, 0.4) is 0 Å². The summed E-state index contributed by atoms with van der Waals surface area (Å²) in [7, 11) is 0. The standard InChI is InChI=1S/C16H17N3O2S/c20-15(17-11-13-5-2-1-3-6-13)8-9-16(21)19-18-12-14-7-4-10-22-14/h1-7,10,12H,8-9,11H2,(H,17,20)(H,19,21)/b18-12+. The molecule has 1 heterocycles. The van der Waals surface area contributed by atoms with Crippen LogP contribution >= 0.6 is 11.3 Å². The van der Waals surface area contributed by atoms with Crippen LogP contribution in [0.5, 0.6) is 0 Å². The van der Waals surface area contributed by atoms with Gasteiger partial charge in [0.25, 0.3) is 0 Å². The third-order valence-corrected chi connectivity index (χ3v) is 3.64. The monoisotopic (exact) mass is 315 g/mol. The topological polar surface area (TPSA) is 70.6 Å². The number of benzene rings is 1. The maximum Gasteiger partial charge on any atom is 0.240 e. The minimum absolute atomic E-state index is 0.113. The number of amides is 2. The molecule has 0 radical (unpaired) electrons. The molecule has 0 atom stereocenters. The number of carbonyl (C=O) groups is 2. The van der Waals surface area contributed by atoms with Crippen LogP contribution in [-0.2, 0) is 16.1 Å². The van der Waals surface area contributed by atoms with Gasteiger partial charge in [0.15, 0.2) is 0 Å². The maximum absolute atomic E-state index is 11.7. The highest BCUT2D eigenvalue weighted by atomic mass is 32.1. The van der Waals surface area contributed by atoms with E-state index in [4.69, 9.17) is 0 Å². The first-order chi connectivity index (χ1) is 10.7. The van der Waals surface area contributed by atoms with Crippen LogP contribution in [0.25, 0.3) is 0 Å². The predicted octanol–water partition coefficient (Wildman–Crippen LogP) is 2.29. The van der Waals surface area contributed by atoms with Gasteiger partial charge in [-0.2, -0.15) is 5.10 Å². The Morgan fingerprint density at radius 1 is 1.05 bits per heavy atom. The number of hydrazone groups is 1. The maximum atomic E-state index is 11.7. The number of thiophene rings is 1. The molecule has 2 N–H and O–H groups in total. The second-order valence-electron chi connectivity index (χ2n) is 4.57. The molecule has 0 fully saturated rings. The highest BCUT2D eigenvalue weighted by molar-refractivity contribution is 7.11. The third-order valence-electron chi connectivity index (χ3n) is 2.84. The average Bonchev–Trinajstić information content (AvgIpc) is 3.05. The lowest BCUT2D eigenvalue weighted by Crippen LogP contribution is -2.25. The molecule has 0 saturated carbocycles. The lowest BCUT2D eigenvalue weighted by Gasteiger charge is -2.04. The highest BCUT2D eigenvalue weighted by Gasteiger charge is 2.05. The molecule has 5 nitrogen and oxygen atoms in total. The number of nitrogens with zero attached hydrogens (tertiary/aromatic N) is 1. The number of nitrogens with one attached hydrogen (secondary N) is 2. The number of carbonyl (C=O) groups excluding carboxylic acids is 2. The minimum atomic E-state index is -0.275. The Hall–Kier alpha value is -2.47. The van der Waals surface area contributed by atoms with Crippen molar-refractivity contribution in [3.63, 3.8) is 0 Å².